The molecule has 2 aromatic carbocycles. The predicted molar refractivity (Wildman–Crippen MR) is 139 cm³/mol. The van der Waals surface area contributed by atoms with E-state index in [1.54, 1.807) is 31.7 Å². The van der Waals surface area contributed by atoms with E-state index in [4.69, 9.17) is 8.85 Å². The van der Waals surface area contributed by atoms with Crippen LogP contribution >= 0.6 is 0 Å². The maximum absolute atomic E-state index is 14.3. The first-order valence-electron chi connectivity index (χ1n) is 13.9. The van der Waals surface area contributed by atoms with E-state index in [0.29, 0.717) is 11.3 Å². The Bertz CT molecular complexity index is 1360. The van der Waals surface area contributed by atoms with Crippen LogP contribution < -0.4 is 15.0 Å². The Morgan fingerprint density at radius 1 is 1.11 bits per heavy atom. The Balaban J connectivity index is 1.52. The van der Waals surface area contributed by atoms with Crippen molar-refractivity contribution < 1.29 is 32.4 Å². The maximum Gasteiger partial charge on any atom is 0.331 e. The van der Waals surface area contributed by atoms with E-state index < -0.39 is 42.3 Å². The third-order valence-electron chi connectivity index (χ3n) is 7.31. The number of carbonyl (C=O) groups is 4. The van der Waals surface area contributed by atoms with Crippen molar-refractivity contribution in [2.45, 2.75) is 45.2 Å². The summed E-state index contributed by atoms with van der Waals surface area (Å²) >= 11 is 0. The summed E-state index contributed by atoms with van der Waals surface area (Å²) in [5.41, 5.74) is -0.297. The monoisotopic (exact) mass is 527 g/mol. The maximum atomic E-state index is 14.3. The number of hydrogen-bond acceptors (Lipinski definition) is 5. The molecule has 2 aromatic rings. The van der Waals surface area contributed by atoms with Gasteiger partial charge in [-0.2, -0.15) is 0 Å². The average Bonchev–Trinajstić information content (AvgIpc) is 3.08. The first-order chi connectivity index (χ1) is 19.1. The Labute approximate surface area is 225 Å². The number of amides is 5. The number of nitrogens with zero attached hydrogens (tertiary/aromatic N) is 3. The van der Waals surface area contributed by atoms with Gasteiger partial charge in [-0.05, 0) is 62.1 Å². The van der Waals surface area contributed by atoms with E-state index in [0.717, 1.165) is 4.90 Å². The highest BCUT2D eigenvalue weighted by atomic mass is 19.1. The molecule has 4 rings (SSSR count). The molecule has 0 aromatic heterocycles. The van der Waals surface area contributed by atoms with Gasteiger partial charge in [-0.25, -0.2) is 9.18 Å². The molecule has 1 spiro atoms. The number of urea groups is 1. The summed E-state index contributed by atoms with van der Waals surface area (Å²) in [5, 5.41) is 2.68. The van der Waals surface area contributed by atoms with E-state index in [-0.39, 0.29) is 49.1 Å². The SMILES string of the molecule is [2H]C([2H])([2H])Oc1ccc(N2C(=O)N(C)C(=O)C23CCN(C(=O)[C@H](NC(=O)c2cc(C)ccc2F)C(C)C)CC3)cc1. The molecule has 1 atom stereocenters. The molecule has 10 heteroatoms. The second-order valence-electron chi connectivity index (χ2n) is 10.1. The van der Waals surface area contributed by atoms with Gasteiger partial charge < -0.3 is 15.0 Å². The number of aryl methyl sites for hydroxylation is 1. The van der Waals surface area contributed by atoms with Crippen molar-refractivity contribution in [2.24, 2.45) is 5.92 Å². The molecule has 202 valence electrons. The number of anilines is 1. The summed E-state index contributed by atoms with van der Waals surface area (Å²) in [6.45, 7) is 5.56. The molecule has 9 nitrogen and oxygen atoms in total. The molecule has 2 saturated heterocycles. The fraction of sp³-hybridized carbons (Fsp3) is 0.429. The molecule has 2 heterocycles. The van der Waals surface area contributed by atoms with Gasteiger partial charge in [0.15, 0.2) is 0 Å². The molecular formula is C28H33FN4O5. The third kappa shape index (κ3) is 4.70. The van der Waals surface area contributed by atoms with E-state index in [9.17, 15) is 23.6 Å². The van der Waals surface area contributed by atoms with Crippen LogP contribution in [0, 0.1) is 18.7 Å². The van der Waals surface area contributed by atoms with Crippen molar-refractivity contribution in [2.75, 3.05) is 32.1 Å². The summed E-state index contributed by atoms with van der Waals surface area (Å²) in [5.74, 6) is -2.36. The van der Waals surface area contributed by atoms with Crippen LogP contribution in [0.4, 0.5) is 14.9 Å². The first-order valence-corrected chi connectivity index (χ1v) is 12.4. The topological polar surface area (TPSA) is 99.3 Å². The number of hydrogen-bond donors (Lipinski definition) is 1. The molecular weight excluding hydrogens is 491 g/mol. The lowest BCUT2D eigenvalue weighted by Gasteiger charge is -2.43. The number of halogens is 1. The summed E-state index contributed by atoms with van der Waals surface area (Å²) in [4.78, 5) is 57.0. The lowest BCUT2D eigenvalue weighted by atomic mass is 9.85. The Morgan fingerprint density at radius 2 is 1.76 bits per heavy atom. The molecule has 2 fully saturated rings. The van der Waals surface area contributed by atoms with Gasteiger partial charge in [0, 0.05) is 25.8 Å². The summed E-state index contributed by atoms with van der Waals surface area (Å²) < 4.78 is 41.0. The van der Waals surface area contributed by atoms with E-state index in [1.165, 1.54) is 48.3 Å². The van der Waals surface area contributed by atoms with Crippen molar-refractivity contribution in [3.8, 4) is 5.75 Å². The van der Waals surface area contributed by atoms with Crippen LogP contribution in [0.1, 0.15) is 46.7 Å². The minimum Gasteiger partial charge on any atom is -0.497 e. The second kappa shape index (κ2) is 10.4. The van der Waals surface area contributed by atoms with Gasteiger partial charge in [0.25, 0.3) is 11.8 Å². The Hall–Kier alpha value is -3.95. The Morgan fingerprint density at radius 3 is 2.37 bits per heavy atom. The van der Waals surface area contributed by atoms with Crippen molar-refractivity contribution in [3.05, 3.63) is 59.4 Å². The zero-order valence-corrected chi connectivity index (χ0v) is 21.8. The zero-order chi connectivity index (χ0) is 30.3. The highest BCUT2D eigenvalue weighted by Crippen LogP contribution is 2.40. The smallest absolute Gasteiger partial charge is 0.331 e. The van der Waals surface area contributed by atoms with Gasteiger partial charge >= 0.3 is 6.03 Å². The lowest BCUT2D eigenvalue weighted by molar-refractivity contribution is -0.139. The number of rotatable bonds is 6. The van der Waals surface area contributed by atoms with Crippen LogP contribution in [-0.2, 0) is 9.59 Å². The van der Waals surface area contributed by atoms with Crippen molar-refractivity contribution >= 4 is 29.4 Å². The number of benzene rings is 2. The standard InChI is InChI=1S/C28H33FN4O5/c1-17(2)23(30-24(34)21-16-18(3)6-11-22(21)29)25(35)32-14-12-28(13-15-32)26(36)31(4)27(37)33(28)19-7-9-20(38-5)10-8-19/h6-11,16-17,23H,12-15H2,1-5H3,(H,30,34)/t23-/m1/s1/i5D3. The second-order valence-corrected chi connectivity index (χ2v) is 10.1. The van der Waals surface area contributed by atoms with Gasteiger partial charge in [-0.1, -0.05) is 25.5 Å². The van der Waals surface area contributed by atoms with Gasteiger partial charge in [-0.3, -0.25) is 24.2 Å². The zero-order valence-electron chi connectivity index (χ0n) is 24.8. The van der Waals surface area contributed by atoms with Crippen LogP contribution in [0.3, 0.4) is 0 Å². The lowest BCUT2D eigenvalue weighted by Crippen LogP contribution is -2.60. The highest BCUT2D eigenvalue weighted by Gasteiger charge is 2.58. The van der Waals surface area contributed by atoms with Crippen LogP contribution in [-0.4, -0.2) is 72.3 Å². The number of imide groups is 1. The molecule has 38 heavy (non-hydrogen) atoms. The van der Waals surface area contributed by atoms with Crippen molar-refractivity contribution in [1.29, 1.82) is 0 Å². The van der Waals surface area contributed by atoms with Crippen LogP contribution in [0.2, 0.25) is 0 Å². The van der Waals surface area contributed by atoms with E-state index in [2.05, 4.69) is 5.32 Å². The van der Waals surface area contributed by atoms with E-state index >= 15 is 0 Å². The van der Waals surface area contributed by atoms with E-state index in [1.807, 2.05) is 0 Å². The summed E-state index contributed by atoms with van der Waals surface area (Å²) in [7, 11) is -1.24. The number of ether oxygens (including phenoxy) is 1. The average molecular weight is 528 g/mol. The number of piperidine rings is 1. The molecule has 1 N–H and O–H groups in total. The quantitative estimate of drug-likeness (QED) is 0.581. The molecule has 2 aliphatic rings. The molecule has 0 bridgehead atoms. The number of carbonyl (C=O) groups excluding carboxylic acids is 4. The van der Waals surface area contributed by atoms with Crippen LogP contribution in [0.25, 0.3) is 0 Å². The van der Waals surface area contributed by atoms with Crippen molar-refractivity contribution in [1.82, 2.24) is 15.1 Å². The van der Waals surface area contributed by atoms with Gasteiger partial charge in [-0.15, -0.1) is 0 Å². The largest absolute Gasteiger partial charge is 0.497 e. The normalized spacial score (nSPS) is 19.3. The van der Waals surface area contributed by atoms with Gasteiger partial charge in [0.2, 0.25) is 5.91 Å². The Kier molecular flexibility index (Phi) is 6.36. The number of likely N-dealkylation sites (tertiary alicyclic amines) is 1. The van der Waals surface area contributed by atoms with Gasteiger partial charge in [0.1, 0.15) is 23.1 Å². The molecule has 0 aliphatic carbocycles. The fourth-order valence-corrected chi connectivity index (χ4v) is 5.13. The molecule has 0 unspecified atom stereocenters. The highest BCUT2D eigenvalue weighted by molar-refractivity contribution is 6.16. The fourth-order valence-electron chi connectivity index (χ4n) is 5.13. The predicted octanol–water partition coefficient (Wildman–Crippen LogP) is 3.36. The molecule has 0 saturated carbocycles. The minimum absolute atomic E-state index is 0.0851. The number of methoxy groups -OCH3 is 1. The summed E-state index contributed by atoms with van der Waals surface area (Å²) in [6, 6.07) is 8.57. The van der Waals surface area contributed by atoms with Crippen LogP contribution in [0.15, 0.2) is 42.5 Å². The van der Waals surface area contributed by atoms with Gasteiger partial charge in [0.05, 0.1) is 16.7 Å². The molecule has 0 radical (unpaired) electrons. The first kappa shape index (κ1) is 23.2. The molecule has 5 amide bonds. The van der Waals surface area contributed by atoms with Crippen molar-refractivity contribution in [3.63, 3.8) is 0 Å². The third-order valence-corrected chi connectivity index (χ3v) is 7.31. The number of nitrogens with one attached hydrogen (secondary N) is 1. The summed E-state index contributed by atoms with van der Waals surface area (Å²) in [6.07, 6.45) is 0.291. The van der Waals surface area contributed by atoms with Crippen LogP contribution in [0.5, 0.6) is 5.75 Å². The number of likely N-dealkylation sites (N-methyl/N-ethyl adjacent to an activating group) is 1. The minimum atomic E-state index is -2.64. The molecule has 2 aliphatic heterocycles.